The van der Waals surface area contributed by atoms with Crippen molar-refractivity contribution in [3.63, 3.8) is 0 Å². The number of ether oxygens (including phenoxy) is 2. The lowest BCUT2D eigenvalue weighted by atomic mass is 9.99. The summed E-state index contributed by atoms with van der Waals surface area (Å²) in [6, 6.07) is 20.5. The Bertz CT molecular complexity index is 724. The molecule has 0 aromatic heterocycles. The van der Waals surface area contributed by atoms with E-state index in [9.17, 15) is 4.79 Å². The zero-order valence-corrected chi connectivity index (χ0v) is 16.4. The summed E-state index contributed by atoms with van der Waals surface area (Å²) >= 11 is 0. The molecule has 1 fully saturated rings. The van der Waals surface area contributed by atoms with Crippen molar-refractivity contribution >= 4 is 6.09 Å². The van der Waals surface area contributed by atoms with Crippen LogP contribution in [0.25, 0.3) is 0 Å². The Labute approximate surface area is 161 Å². The second kappa shape index (κ2) is 8.57. The fourth-order valence-electron chi connectivity index (χ4n) is 3.27. The Hall–Kier alpha value is -2.33. The molecule has 144 valence electrons. The van der Waals surface area contributed by atoms with Crippen molar-refractivity contribution in [2.24, 2.45) is 0 Å². The maximum Gasteiger partial charge on any atom is 0.407 e. The molecule has 3 rings (SSSR count). The second-order valence-corrected chi connectivity index (χ2v) is 8.11. The van der Waals surface area contributed by atoms with Gasteiger partial charge in [0.1, 0.15) is 11.7 Å². The third kappa shape index (κ3) is 6.40. The van der Waals surface area contributed by atoms with E-state index in [0.29, 0.717) is 0 Å². The number of nitrogens with one attached hydrogen (secondary N) is 1. The van der Waals surface area contributed by atoms with E-state index in [1.54, 1.807) is 0 Å². The first-order valence-electron chi connectivity index (χ1n) is 9.63. The predicted octanol–water partition coefficient (Wildman–Crippen LogP) is 4.52. The van der Waals surface area contributed by atoms with E-state index in [4.69, 9.17) is 9.47 Å². The number of epoxide rings is 1. The van der Waals surface area contributed by atoms with E-state index in [1.165, 1.54) is 11.1 Å². The molecule has 0 spiro atoms. The molecular weight excluding hydrogens is 338 g/mol. The van der Waals surface area contributed by atoms with Crippen molar-refractivity contribution < 1.29 is 14.3 Å². The Morgan fingerprint density at radius 1 is 1.04 bits per heavy atom. The first-order chi connectivity index (χ1) is 12.9. The molecule has 27 heavy (non-hydrogen) atoms. The second-order valence-electron chi connectivity index (χ2n) is 8.11. The molecule has 0 aliphatic carbocycles. The minimum absolute atomic E-state index is 0.0291. The van der Waals surface area contributed by atoms with Crippen molar-refractivity contribution in [2.75, 3.05) is 0 Å². The minimum Gasteiger partial charge on any atom is -0.444 e. The summed E-state index contributed by atoms with van der Waals surface area (Å²) < 4.78 is 11.4. The fraction of sp³-hybridized carbons (Fsp3) is 0.435. The Morgan fingerprint density at radius 2 is 1.63 bits per heavy atom. The summed E-state index contributed by atoms with van der Waals surface area (Å²) in [6.07, 6.45) is 2.48. The van der Waals surface area contributed by atoms with Crippen LogP contribution >= 0.6 is 0 Å². The highest BCUT2D eigenvalue weighted by atomic mass is 16.6. The molecule has 2 aromatic carbocycles. The highest BCUT2D eigenvalue weighted by molar-refractivity contribution is 5.68. The van der Waals surface area contributed by atoms with Gasteiger partial charge in [-0.3, -0.25) is 0 Å². The highest BCUT2D eigenvalue weighted by Crippen LogP contribution is 2.31. The standard InChI is InChI=1S/C23H29NO3/c1-23(2,3)27-22(25)24-19(16-18-12-8-5-9-13-18)21-20(26-21)15-14-17-10-6-4-7-11-17/h4-13,19-21H,14-16H2,1-3H3,(H,24,25)/t19-,20-,21-/m0/s1. The van der Waals surface area contributed by atoms with Crippen LogP contribution in [-0.2, 0) is 22.3 Å². The molecule has 2 aromatic rings. The molecule has 1 heterocycles. The van der Waals surface area contributed by atoms with Gasteiger partial charge in [0, 0.05) is 0 Å². The molecule has 1 amide bonds. The molecule has 3 atom stereocenters. The van der Waals surface area contributed by atoms with E-state index in [0.717, 1.165) is 19.3 Å². The van der Waals surface area contributed by atoms with Crippen LogP contribution in [0.2, 0.25) is 0 Å². The van der Waals surface area contributed by atoms with Gasteiger partial charge in [0.15, 0.2) is 0 Å². The van der Waals surface area contributed by atoms with Gasteiger partial charge in [-0.1, -0.05) is 60.7 Å². The molecule has 4 nitrogen and oxygen atoms in total. The molecule has 0 unspecified atom stereocenters. The highest BCUT2D eigenvalue weighted by Gasteiger charge is 2.45. The topological polar surface area (TPSA) is 50.9 Å². The van der Waals surface area contributed by atoms with Gasteiger partial charge in [-0.2, -0.15) is 0 Å². The third-order valence-corrected chi connectivity index (χ3v) is 4.58. The number of rotatable bonds is 7. The molecule has 0 saturated carbocycles. The lowest BCUT2D eigenvalue weighted by Gasteiger charge is -2.23. The lowest BCUT2D eigenvalue weighted by molar-refractivity contribution is 0.0495. The summed E-state index contributed by atoms with van der Waals surface area (Å²) in [4.78, 5) is 12.3. The lowest BCUT2D eigenvalue weighted by Crippen LogP contribution is -2.43. The van der Waals surface area contributed by atoms with Gasteiger partial charge in [0.2, 0.25) is 0 Å². The van der Waals surface area contributed by atoms with Crippen LogP contribution in [0.1, 0.15) is 38.3 Å². The zero-order valence-electron chi connectivity index (χ0n) is 16.4. The number of benzene rings is 2. The van der Waals surface area contributed by atoms with E-state index in [1.807, 2.05) is 45.0 Å². The monoisotopic (exact) mass is 367 g/mol. The molecule has 1 aliphatic rings. The predicted molar refractivity (Wildman–Crippen MR) is 107 cm³/mol. The van der Waals surface area contributed by atoms with Crippen LogP contribution in [0.15, 0.2) is 60.7 Å². The van der Waals surface area contributed by atoms with Gasteiger partial charge in [-0.15, -0.1) is 0 Å². The molecule has 1 aliphatic heterocycles. The van der Waals surface area contributed by atoms with Gasteiger partial charge in [-0.25, -0.2) is 4.79 Å². The van der Waals surface area contributed by atoms with Gasteiger partial charge in [-0.05, 0) is 51.2 Å². The van der Waals surface area contributed by atoms with Crippen LogP contribution in [0, 0.1) is 0 Å². The Kier molecular flexibility index (Phi) is 6.17. The zero-order chi connectivity index (χ0) is 19.3. The summed E-state index contributed by atoms with van der Waals surface area (Å²) in [5.74, 6) is 0. The van der Waals surface area contributed by atoms with E-state index in [2.05, 4.69) is 41.7 Å². The van der Waals surface area contributed by atoms with E-state index < -0.39 is 5.60 Å². The van der Waals surface area contributed by atoms with Crippen LogP contribution in [-0.4, -0.2) is 29.9 Å². The van der Waals surface area contributed by atoms with Crippen LogP contribution in [0.5, 0.6) is 0 Å². The molecule has 0 radical (unpaired) electrons. The van der Waals surface area contributed by atoms with E-state index in [-0.39, 0.29) is 24.3 Å². The molecule has 4 heteroatoms. The average molecular weight is 367 g/mol. The maximum atomic E-state index is 12.3. The molecule has 0 bridgehead atoms. The van der Waals surface area contributed by atoms with Gasteiger partial charge in [0.05, 0.1) is 12.1 Å². The van der Waals surface area contributed by atoms with Crippen molar-refractivity contribution in [3.05, 3.63) is 71.8 Å². The van der Waals surface area contributed by atoms with Crippen molar-refractivity contribution in [3.8, 4) is 0 Å². The number of hydrogen-bond donors (Lipinski definition) is 1. The molecule has 1 saturated heterocycles. The van der Waals surface area contributed by atoms with Crippen LogP contribution < -0.4 is 5.32 Å². The Morgan fingerprint density at radius 3 is 2.22 bits per heavy atom. The number of aryl methyl sites for hydroxylation is 1. The van der Waals surface area contributed by atoms with E-state index >= 15 is 0 Å². The van der Waals surface area contributed by atoms with Crippen LogP contribution in [0.4, 0.5) is 4.79 Å². The number of carbonyl (C=O) groups is 1. The number of alkyl carbamates (subject to hydrolysis) is 1. The number of carbonyl (C=O) groups excluding carboxylic acids is 1. The first kappa shape index (κ1) is 19.4. The number of amides is 1. The maximum absolute atomic E-state index is 12.3. The summed E-state index contributed by atoms with van der Waals surface area (Å²) in [5, 5.41) is 3.03. The largest absolute Gasteiger partial charge is 0.444 e. The average Bonchev–Trinajstić information content (AvgIpc) is 3.39. The number of hydrogen-bond acceptors (Lipinski definition) is 3. The normalized spacial score (nSPS) is 20.0. The van der Waals surface area contributed by atoms with Gasteiger partial charge >= 0.3 is 6.09 Å². The Balaban J connectivity index is 1.59. The summed E-state index contributed by atoms with van der Waals surface area (Å²) in [5.41, 5.74) is 1.97. The van der Waals surface area contributed by atoms with Crippen molar-refractivity contribution in [2.45, 2.75) is 63.9 Å². The van der Waals surface area contributed by atoms with Gasteiger partial charge < -0.3 is 14.8 Å². The van der Waals surface area contributed by atoms with Gasteiger partial charge in [0.25, 0.3) is 0 Å². The van der Waals surface area contributed by atoms with Crippen molar-refractivity contribution in [1.82, 2.24) is 5.32 Å². The summed E-state index contributed by atoms with van der Waals surface area (Å²) in [7, 11) is 0. The molecule has 1 N–H and O–H groups in total. The molecular formula is C23H29NO3. The fourth-order valence-corrected chi connectivity index (χ4v) is 3.27. The first-order valence-corrected chi connectivity index (χ1v) is 9.63. The summed E-state index contributed by atoms with van der Waals surface area (Å²) in [6.45, 7) is 5.61. The quantitative estimate of drug-likeness (QED) is 0.732. The minimum atomic E-state index is -0.515. The third-order valence-electron chi connectivity index (χ3n) is 4.58. The van der Waals surface area contributed by atoms with Crippen molar-refractivity contribution in [1.29, 1.82) is 0 Å². The SMILES string of the molecule is CC(C)(C)OC(=O)N[C@@H](Cc1ccccc1)[C@@H]1O[C@H]1CCc1ccccc1. The smallest absolute Gasteiger partial charge is 0.407 e. The van der Waals surface area contributed by atoms with Crippen LogP contribution in [0.3, 0.4) is 0 Å².